The summed E-state index contributed by atoms with van der Waals surface area (Å²) in [5.74, 6) is 0. The predicted molar refractivity (Wildman–Crippen MR) is 22.0 cm³/mol. The summed E-state index contributed by atoms with van der Waals surface area (Å²) in [5, 5.41) is 4.03. The highest BCUT2D eigenvalue weighted by molar-refractivity contribution is 4.23. The van der Waals surface area contributed by atoms with Crippen LogP contribution in [0.1, 0.15) is 19.8 Å². The molecule has 1 nitrogen and oxygen atoms in total. The van der Waals surface area contributed by atoms with E-state index in [9.17, 15) is 0 Å². The van der Waals surface area contributed by atoms with Crippen molar-refractivity contribution in [1.29, 1.82) is 1.43 Å². The zero-order chi connectivity index (χ0) is 4.83. The molecule has 0 aromatic carbocycles. The van der Waals surface area contributed by atoms with E-state index in [1.165, 1.54) is 0 Å². The van der Waals surface area contributed by atoms with Crippen molar-refractivity contribution >= 4 is 0 Å². The molecule has 1 N–H and O–H groups in total. The fourth-order valence-corrected chi connectivity index (χ4v) is 0.144. The SMILES string of the molecule is [3H]OCCCC. The van der Waals surface area contributed by atoms with E-state index in [1.54, 1.807) is 0 Å². The van der Waals surface area contributed by atoms with E-state index in [2.05, 4.69) is 12.0 Å². The number of hydrogen-bond donors (Lipinski definition) is 1. The summed E-state index contributed by atoms with van der Waals surface area (Å²) in [7, 11) is 0. The first-order valence-electron chi connectivity index (χ1n) is 2.40. The molecule has 0 bridgehead atoms. The van der Waals surface area contributed by atoms with Gasteiger partial charge in [0.1, 0.15) is 0 Å². The predicted octanol–water partition coefficient (Wildman–Crippen LogP) is 0.779. The van der Waals surface area contributed by atoms with E-state index in [0.717, 1.165) is 12.8 Å². The Morgan fingerprint density at radius 3 is 3.00 bits per heavy atom. The van der Waals surface area contributed by atoms with Gasteiger partial charge in [0, 0.05) is 6.61 Å². The van der Waals surface area contributed by atoms with Gasteiger partial charge in [-0.25, -0.2) is 0 Å². The summed E-state index contributed by atoms with van der Waals surface area (Å²) < 4.78 is 6.21. The molecule has 0 saturated carbocycles. The summed E-state index contributed by atoms with van der Waals surface area (Å²) >= 11 is 0. The molecule has 0 fully saturated rings. The fraction of sp³-hybridized carbons (Fsp3) is 1.00. The van der Waals surface area contributed by atoms with Gasteiger partial charge in [0.25, 0.3) is 0 Å². The van der Waals surface area contributed by atoms with E-state index in [-0.39, 0.29) is 0 Å². The second kappa shape index (κ2) is 3.96. The second-order valence-corrected chi connectivity index (χ2v) is 1.06. The lowest BCUT2D eigenvalue weighted by Crippen LogP contribution is -1.75. The molecule has 0 aliphatic heterocycles. The number of unbranched alkanes of at least 4 members (excludes halogenated alkanes) is 1. The average molecular weight is 76.1 g/mol. The highest BCUT2D eigenvalue weighted by Crippen LogP contribution is 1.78. The molecule has 5 heavy (non-hydrogen) atoms. The quantitative estimate of drug-likeness (QED) is 0.492. The molecule has 0 radical (unpaired) electrons. The van der Waals surface area contributed by atoms with Gasteiger partial charge in [0.2, 0.25) is 1.43 Å². The molecule has 0 heterocycles. The molecule has 1 heteroatoms. The fourth-order valence-electron chi connectivity index (χ4n) is 0.144. The standard InChI is InChI=1S/C4H10O/c1-2-3-4-5/h5H,2-4H2,1H3/i5T. The van der Waals surface area contributed by atoms with E-state index in [0.29, 0.717) is 6.61 Å². The minimum atomic E-state index is 0.580. The Hall–Kier alpha value is -0.0400. The van der Waals surface area contributed by atoms with Crippen molar-refractivity contribution in [1.82, 2.24) is 0 Å². The van der Waals surface area contributed by atoms with Crippen molar-refractivity contribution in [3.8, 4) is 0 Å². The van der Waals surface area contributed by atoms with E-state index in [4.69, 9.17) is 1.43 Å². The van der Waals surface area contributed by atoms with Gasteiger partial charge in [0.05, 0.1) is 0 Å². The van der Waals surface area contributed by atoms with Gasteiger partial charge in [0.15, 0.2) is 0 Å². The second-order valence-electron chi connectivity index (χ2n) is 1.06. The summed E-state index contributed by atoms with van der Waals surface area (Å²) in [6, 6.07) is 0. The first-order valence-corrected chi connectivity index (χ1v) is 2.00. The average Bonchev–Trinajstić information content (AvgIpc) is 1.61. The molecule has 32 valence electrons. The molecular weight excluding hydrogens is 64.0 g/mol. The van der Waals surface area contributed by atoms with E-state index >= 15 is 0 Å². The maximum Gasteiger partial charge on any atom is 0.210 e. The Labute approximate surface area is 34.1 Å². The van der Waals surface area contributed by atoms with Gasteiger partial charge >= 0.3 is 0 Å². The Kier molecular flexibility index (Phi) is 2.50. The molecule has 0 spiro atoms. The van der Waals surface area contributed by atoms with Gasteiger partial charge in [-0.1, -0.05) is 13.3 Å². The zero-order valence-corrected chi connectivity index (χ0v) is 3.53. The van der Waals surface area contributed by atoms with Crippen LogP contribution in [0.15, 0.2) is 0 Å². The van der Waals surface area contributed by atoms with Crippen LogP contribution in [0.4, 0.5) is 0 Å². The van der Waals surface area contributed by atoms with Crippen molar-refractivity contribution in [2.45, 2.75) is 19.8 Å². The monoisotopic (exact) mass is 76.1 g/mol. The van der Waals surface area contributed by atoms with Crippen molar-refractivity contribution in [3.63, 3.8) is 0 Å². The number of hydrogen-bond acceptors (Lipinski definition) is 1. The number of aliphatic hydroxyl groups is 1. The number of rotatable bonds is 3. The summed E-state index contributed by atoms with van der Waals surface area (Å²) in [4.78, 5) is 0. The lowest BCUT2D eigenvalue weighted by molar-refractivity contribution is 0.287. The van der Waals surface area contributed by atoms with Crippen molar-refractivity contribution in [3.05, 3.63) is 0 Å². The molecule has 0 rings (SSSR count). The van der Waals surface area contributed by atoms with Gasteiger partial charge < -0.3 is 5.11 Å². The zero-order valence-electron chi connectivity index (χ0n) is 4.53. The third-order valence-corrected chi connectivity index (χ3v) is 0.498. The highest BCUT2D eigenvalue weighted by atomic mass is 16.2. The molecule has 0 saturated heterocycles. The van der Waals surface area contributed by atoms with Crippen LogP contribution in [0.25, 0.3) is 0 Å². The molecule has 0 atom stereocenters. The molecule has 0 aromatic rings. The maximum atomic E-state index is 6.21. The van der Waals surface area contributed by atoms with Crippen LogP contribution in [0.3, 0.4) is 0 Å². The largest absolute Gasteiger partial charge is 0.396 e. The molecular formula is C4H10O. The van der Waals surface area contributed by atoms with Crippen LogP contribution in [-0.2, 0) is 0 Å². The minimum absolute atomic E-state index is 0.580. The van der Waals surface area contributed by atoms with Crippen LogP contribution in [0, 0.1) is 0 Å². The van der Waals surface area contributed by atoms with Gasteiger partial charge in [-0.3, -0.25) is 0 Å². The van der Waals surface area contributed by atoms with Gasteiger partial charge in [-0.15, -0.1) is 0 Å². The lowest BCUT2D eigenvalue weighted by Gasteiger charge is -1.79. The van der Waals surface area contributed by atoms with Crippen molar-refractivity contribution in [2.24, 2.45) is 0 Å². The van der Waals surface area contributed by atoms with E-state index in [1.807, 2.05) is 0 Å². The maximum absolute atomic E-state index is 6.21. The smallest absolute Gasteiger partial charge is 0.210 e. The third-order valence-electron chi connectivity index (χ3n) is 0.498. The van der Waals surface area contributed by atoms with Crippen LogP contribution >= 0.6 is 0 Å². The topological polar surface area (TPSA) is 20.2 Å². The first-order chi connectivity index (χ1) is 2.91. The normalized spacial score (nSPS) is 11.0. The molecule has 0 aromatic heterocycles. The highest BCUT2D eigenvalue weighted by Gasteiger charge is 1.69. The van der Waals surface area contributed by atoms with Crippen molar-refractivity contribution < 1.29 is 5.11 Å². The minimum Gasteiger partial charge on any atom is -0.396 e. The van der Waals surface area contributed by atoms with Gasteiger partial charge in [-0.05, 0) is 6.42 Å². The molecule has 0 amide bonds. The Bertz CT molecular complexity index is 19.5. The molecule has 0 aliphatic carbocycles. The summed E-state index contributed by atoms with van der Waals surface area (Å²) in [5.41, 5.74) is 0. The van der Waals surface area contributed by atoms with Crippen LogP contribution in [0.5, 0.6) is 0 Å². The third kappa shape index (κ3) is 3.96. The number of aliphatic hydroxyl groups excluding tert-OH is 1. The van der Waals surface area contributed by atoms with Crippen LogP contribution in [-0.4, -0.2) is 13.1 Å². The molecule has 0 unspecified atom stereocenters. The van der Waals surface area contributed by atoms with Crippen LogP contribution < -0.4 is 0 Å². The van der Waals surface area contributed by atoms with Gasteiger partial charge in [-0.2, -0.15) is 0 Å². The Morgan fingerprint density at radius 2 is 2.80 bits per heavy atom. The van der Waals surface area contributed by atoms with Crippen LogP contribution in [0.2, 0.25) is 0 Å². The summed E-state index contributed by atoms with van der Waals surface area (Å²) in [6.45, 7) is 2.65. The lowest BCUT2D eigenvalue weighted by atomic mass is 10.4. The van der Waals surface area contributed by atoms with E-state index < -0.39 is 0 Å². The Morgan fingerprint density at radius 1 is 2.00 bits per heavy atom. The molecule has 0 aliphatic rings. The van der Waals surface area contributed by atoms with Crippen molar-refractivity contribution in [2.75, 3.05) is 6.61 Å². The Balaban J connectivity index is 2.34. The summed E-state index contributed by atoms with van der Waals surface area (Å²) in [6.07, 6.45) is 2.11. The first kappa shape index (κ1) is 3.16.